The molecular formula is C18H34N2O2. The molecule has 2 aliphatic rings. The number of hydrogen-bond acceptors (Lipinski definition) is 3. The Morgan fingerprint density at radius 2 is 1.73 bits per heavy atom. The highest BCUT2D eigenvalue weighted by Crippen LogP contribution is 2.34. The Hall–Kier alpha value is -0.770. The second-order valence-electron chi connectivity index (χ2n) is 8.02. The Morgan fingerprint density at radius 1 is 1.09 bits per heavy atom. The first kappa shape index (κ1) is 17.6. The highest BCUT2D eigenvalue weighted by Gasteiger charge is 2.34. The lowest BCUT2D eigenvalue weighted by Gasteiger charge is -2.32. The first-order valence-corrected chi connectivity index (χ1v) is 9.14. The van der Waals surface area contributed by atoms with Gasteiger partial charge >= 0.3 is 6.09 Å². The van der Waals surface area contributed by atoms with Crippen LogP contribution in [0.5, 0.6) is 0 Å². The van der Waals surface area contributed by atoms with E-state index in [1.165, 1.54) is 38.5 Å². The zero-order chi connectivity index (χ0) is 16.2. The summed E-state index contributed by atoms with van der Waals surface area (Å²) in [5.74, 6) is 0.857. The first-order chi connectivity index (χ1) is 10.4. The summed E-state index contributed by atoms with van der Waals surface area (Å²) in [7, 11) is 0. The van der Waals surface area contributed by atoms with Crippen molar-refractivity contribution in [2.45, 2.75) is 103 Å². The summed E-state index contributed by atoms with van der Waals surface area (Å²) in [6.45, 7) is 8.00. The number of ether oxygens (including phenoxy) is 1. The highest BCUT2D eigenvalue weighted by molar-refractivity contribution is 5.68. The standard InChI is InChI=1S/C18H34N2O2/c1-5-14(13-11-12-13)19-15-9-7-6-8-10-16(15)20-17(21)22-18(2,3)4/h13-16,19H,5-12H2,1-4H3,(H,20,21). The van der Waals surface area contributed by atoms with E-state index in [4.69, 9.17) is 4.74 Å². The largest absolute Gasteiger partial charge is 0.444 e. The molecule has 4 heteroatoms. The van der Waals surface area contributed by atoms with Crippen LogP contribution in [0.15, 0.2) is 0 Å². The monoisotopic (exact) mass is 310 g/mol. The minimum atomic E-state index is -0.433. The van der Waals surface area contributed by atoms with Gasteiger partial charge in [-0.05, 0) is 58.8 Å². The Kier molecular flexibility index (Phi) is 6.13. The van der Waals surface area contributed by atoms with E-state index in [0.29, 0.717) is 12.1 Å². The lowest BCUT2D eigenvalue weighted by atomic mass is 10.00. The number of alkyl carbamates (subject to hydrolysis) is 1. The molecule has 0 aromatic rings. The molecule has 0 saturated heterocycles. The van der Waals surface area contributed by atoms with Crippen LogP contribution in [0.3, 0.4) is 0 Å². The van der Waals surface area contributed by atoms with Gasteiger partial charge in [-0.3, -0.25) is 0 Å². The van der Waals surface area contributed by atoms with Crippen LogP contribution >= 0.6 is 0 Å². The average molecular weight is 310 g/mol. The number of carbonyl (C=O) groups is 1. The lowest BCUT2D eigenvalue weighted by molar-refractivity contribution is 0.0487. The predicted octanol–water partition coefficient (Wildman–Crippen LogP) is 3.99. The Balaban J connectivity index is 1.93. The first-order valence-electron chi connectivity index (χ1n) is 9.14. The van der Waals surface area contributed by atoms with Crippen molar-refractivity contribution in [3.05, 3.63) is 0 Å². The van der Waals surface area contributed by atoms with E-state index in [0.717, 1.165) is 18.8 Å². The van der Waals surface area contributed by atoms with E-state index in [9.17, 15) is 4.79 Å². The molecule has 128 valence electrons. The molecule has 2 rings (SSSR count). The third-order valence-electron chi connectivity index (χ3n) is 4.78. The van der Waals surface area contributed by atoms with Gasteiger partial charge in [0.1, 0.15) is 5.60 Å². The number of carbonyl (C=O) groups excluding carboxylic acids is 1. The molecule has 0 spiro atoms. The van der Waals surface area contributed by atoms with Crippen molar-refractivity contribution >= 4 is 6.09 Å². The van der Waals surface area contributed by atoms with Crippen LogP contribution < -0.4 is 10.6 Å². The van der Waals surface area contributed by atoms with Crippen molar-refractivity contribution in [3.63, 3.8) is 0 Å². The highest BCUT2D eigenvalue weighted by atomic mass is 16.6. The fraction of sp³-hybridized carbons (Fsp3) is 0.944. The molecule has 22 heavy (non-hydrogen) atoms. The van der Waals surface area contributed by atoms with Gasteiger partial charge in [-0.25, -0.2) is 4.79 Å². The number of nitrogens with one attached hydrogen (secondary N) is 2. The summed E-state index contributed by atoms with van der Waals surface area (Å²) in [6.07, 6.45) is 9.56. The SMILES string of the molecule is CCC(NC1CCCCCC1NC(=O)OC(C)(C)C)C1CC1. The van der Waals surface area contributed by atoms with Crippen LogP contribution in [0.4, 0.5) is 4.79 Å². The van der Waals surface area contributed by atoms with Gasteiger partial charge in [0.15, 0.2) is 0 Å². The van der Waals surface area contributed by atoms with E-state index in [1.807, 2.05) is 20.8 Å². The topological polar surface area (TPSA) is 50.4 Å². The summed E-state index contributed by atoms with van der Waals surface area (Å²) in [4.78, 5) is 12.1. The molecule has 2 fully saturated rings. The van der Waals surface area contributed by atoms with E-state index in [1.54, 1.807) is 0 Å². The van der Waals surface area contributed by atoms with Crippen molar-refractivity contribution in [2.75, 3.05) is 0 Å². The van der Waals surface area contributed by atoms with Crippen LogP contribution in [-0.4, -0.2) is 29.8 Å². The quantitative estimate of drug-likeness (QED) is 0.755. The molecule has 2 N–H and O–H groups in total. The number of rotatable bonds is 5. The van der Waals surface area contributed by atoms with Gasteiger partial charge in [-0.1, -0.05) is 26.2 Å². The molecule has 0 aromatic heterocycles. The van der Waals surface area contributed by atoms with Crippen molar-refractivity contribution in [1.82, 2.24) is 10.6 Å². The fourth-order valence-corrected chi connectivity index (χ4v) is 3.50. The maximum absolute atomic E-state index is 12.1. The summed E-state index contributed by atoms with van der Waals surface area (Å²) >= 11 is 0. The average Bonchev–Trinajstić information content (AvgIpc) is 3.22. The summed E-state index contributed by atoms with van der Waals surface area (Å²) in [5, 5.41) is 6.99. The molecule has 0 aliphatic heterocycles. The zero-order valence-electron chi connectivity index (χ0n) is 14.8. The van der Waals surface area contributed by atoms with E-state index in [-0.39, 0.29) is 12.1 Å². The molecule has 4 nitrogen and oxygen atoms in total. The van der Waals surface area contributed by atoms with E-state index in [2.05, 4.69) is 17.6 Å². The van der Waals surface area contributed by atoms with Crippen LogP contribution in [0, 0.1) is 5.92 Å². The smallest absolute Gasteiger partial charge is 0.407 e. The Bertz CT molecular complexity index is 361. The molecular weight excluding hydrogens is 276 g/mol. The second kappa shape index (κ2) is 7.67. The number of hydrogen-bond donors (Lipinski definition) is 2. The van der Waals surface area contributed by atoms with E-state index < -0.39 is 5.60 Å². The molecule has 0 heterocycles. The predicted molar refractivity (Wildman–Crippen MR) is 90.0 cm³/mol. The van der Waals surface area contributed by atoms with Crippen LogP contribution in [0.25, 0.3) is 0 Å². The van der Waals surface area contributed by atoms with E-state index >= 15 is 0 Å². The molecule has 3 unspecified atom stereocenters. The molecule has 0 aromatic carbocycles. The van der Waals surface area contributed by atoms with Gasteiger partial charge in [-0.2, -0.15) is 0 Å². The third-order valence-corrected chi connectivity index (χ3v) is 4.78. The molecule has 2 aliphatic carbocycles. The molecule has 2 saturated carbocycles. The molecule has 0 bridgehead atoms. The maximum Gasteiger partial charge on any atom is 0.407 e. The van der Waals surface area contributed by atoms with Crippen LogP contribution in [-0.2, 0) is 4.74 Å². The van der Waals surface area contributed by atoms with Gasteiger partial charge in [0.2, 0.25) is 0 Å². The Morgan fingerprint density at radius 3 is 2.27 bits per heavy atom. The van der Waals surface area contributed by atoms with Crippen molar-refractivity contribution in [3.8, 4) is 0 Å². The van der Waals surface area contributed by atoms with Crippen molar-refractivity contribution in [2.24, 2.45) is 5.92 Å². The summed E-state index contributed by atoms with van der Waals surface area (Å²) < 4.78 is 5.44. The fourth-order valence-electron chi connectivity index (χ4n) is 3.50. The zero-order valence-corrected chi connectivity index (χ0v) is 14.8. The summed E-state index contributed by atoms with van der Waals surface area (Å²) in [5.41, 5.74) is -0.433. The Labute approximate surface area is 135 Å². The van der Waals surface area contributed by atoms with Gasteiger partial charge in [0.05, 0.1) is 0 Å². The third kappa shape index (κ3) is 5.79. The van der Waals surface area contributed by atoms with Gasteiger partial charge in [-0.15, -0.1) is 0 Å². The lowest BCUT2D eigenvalue weighted by Crippen LogP contribution is -2.53. The molecule has 3 atom stereocenters. The van der Waals surface area contributed by atoms with Gasteiger partial charge < -0.3 is 15.4 Å². The maximum atomic E-state index is 12.1. The van der Waals surface area contributed by atoms with Crippen LogP contribution in [0.1, 0.15) is 79.1 Å². The molecule has 0 radical (unpaired) electrons. The minimum Gasteiger partial charge on any atom is -0.444 e. The van der Waals surface area contributed by atoms with Gasteiger partial charge in [0, 0.05) is 18.1 Å². The van der Waals surface area contributed by atoms with Crippen molar-refractivity contribution < 1.29 is 9.53 Å². The molecule has 1 amide bonds. The van der Waals surface area contributed by atoms with Crippen molar-refractivity contribution in [1.29, 1.82) is 0 Å². The minimum absolute atomic E-state index is 0.199. The normalized spacial score (nSPS) is 27.8. The second-order valence-corrected chi connectivity index (χ2v) is 8.02. The summed E-state index contributed by atoms with van der Waals surface area (Å²) in [6, 6.07) is 1.21. The van der Waals surface area contributed by atoms with Gasteiger partial charge in [0.25, 0.3) is 0 Å². The number of amides is 1. The van der Waals surface area contributed by atoms with Crippen LogP contribution in [0.2, 0.25) is 0 Å².